The van der Waals surface area contributed by atoms with Crippen LogP contribution < -0.4 is 5.56 Å². The van der Waals surface area contributed by atoms with Gasteiger partial charge in [0.2, 0.25) is 0 Å². The van der Waals surface area contributed by atoms with E-state index in [1.807, 2.05) is 25.1 Å². The number of nitrogens with one attached hydrogen (secondary N) is 1. The highest BCUT2D eigenvalue weighted by molar-refractivity contribution is 5.77. The predicted octanol–water partition coefficient (Wildman–Crippen LogP) is 3.82. The van der Waals surface area contributed by atoms with E-state index in [9.17, 15) is 18.0 Å². The quantitative estimate of drug-likeness (QED) is 0.703. The van der Waals surface area contributed by atoms with Crippen molar-refractivity contribution in [1.82, 2.24) is 19.8 Å². The van der Waals surface area contributed by atoms with Crippen LogP contribution in [0, 0.1) is 0 Å². The summed E-state index contributed by atoms with van der Waals surface area (Å²) in [4.78, 5) is 24.3. The maximum Gasteiger partial charge on any atom is 0.416 e. The summed E-state index contributed by atoms with van der Waals surface area (Å²) in [6.45, 7) is 5.81. The van der Waals surface area contributed by atoms with E-state index in [1.165, 1.54) is 0 Å². The number of benzene rings is 2. The summed E-state index contributed by atoms with van der Waals surface area (Å²) in [5.74, 6) is 0.648. The lowest BCUT2D eigenvalue weighted by atomic mass is 10.1. The van der Waals surface area contributed by atoms with Gasteiger partial charge in [0, 0.05) is 32.7 Å². The molecule has 1 unspecified atom stereocenters. The van der Waals surface area contributed by atoms with Crippen molar-refractivity contribution in [2.45, 2.75) is 25.7 Å². The Labute approximate surface area is 172 Å². The smallest absolute Gasteiger partial charge is 0.309 e. The lowest BCUT2D eigenvalue weighted by Gasteiger charge is -2.37. The lowest BCUT2D eigenvalue weighted by Crippen LogP contribution is -2.47. The largest absolute Gasteiger partial charge is 0.416 e. The fraction of sp³-hybridized carbons (Fsp3) is 0.364. The Balaban J connectivity index is 1.38. The van der Waals surface area contributed by atoms with E-state index in [1.54, 1.807) is 18.2 Å². The van der Waals surface area contributed by atoms with E-state index in [0.717, 1.165) is 43.9 Å². The highest BCUT2D eigenvalue weighted by Gasteiger charge is 2.30. The zero-order valence-corrected chi connectivity index (χ0v) is 16.6. The Morgan fingerprint density at radius 1 is 1.03 bits per heavy atom. The van der Waals surface area contributed by atoms with E-state index < -0.39 is 11.7 Å². The molecule has 2 heterocycles. The molecular formula is C22H23F3N4O. The third-order valence-corrected chi connectivity index (χ3v) is 5.67. The molecule has 30 heavy (non-hydrogen) atoms. The van der Waals surface area contributed by atoms with Crippen LogP contribution in [-0.4, -0.2) is 45.9 Å². The normalized spacial score (nSPS) is 17.3. The topological polar surface area (TPSA) is 52.2 Å². The van der Waals surface area contributed by atoms with E-state index in [0.29, 0.717) is 23.3 Å². The maximum atomic E-state index is 12.7. The molecule has 1 aliphatic rings. The number of halogens is 3. The average molecular weight is 416 g/mol. The van der Waals surface area contributed by atoms with Gasteiger partial charge in [-0.05, 0) is 36.8 Å². The summed E-state index contributed by atoms with van der Waals surface area (Å²) in [5.41, 5.74) is 0.791. The van der Waals surface area contributed by atoms with Gasteiger partial charge in [-0.1, -0.05) is 24.3 Å². The van der Waals surface area contributed by atoms with Gasteiger partial charge in [-0.25, -0.2) is 4.98 Å². The summed E-state index contributed by atoms with van der Waals surface area (Å²) in [6, 6.07) is 12.6. The molecule has 3 aromatic rings. The monoisotopic (exact) mass is 416 g/mol. The number of piperazine rings is 1. The number of rotatable bonds is 4. The summed E-state index contributed by atoms with van der Waals surface area (Å²) in [7, 11) is 0. The number of aromatic amines is 1. The van der Waals surface area contributed by atoms with Crippen molar-refractivity contribution in [1.29, 1.82) is 0 Å². The molecule has 0 amide bonds. The molecule has 0 aliphatic carbocycles. The lowest BCUT2D eigenvalue weighted by molar-refractivity contribution is -0.137. The Morgan fingerprint density at radius 3 is 2.37 bits per heavy atom. The van der Waals surface area contributed by atoms with E-state index in [2.05, 4.69) is 19.8 Å². The molecule has 0 radical (unpaired) electrons. The third-order valence-electron chi connectivity index (χ3n) is 5.67. The van der Waals surface area contributed by atoms with Crippen LogP contribution in [0.4, 0.5) is 13.2 Å². The second-order valence-electron chi connectivity index (χ2n) is 7.65. The molecule has 1 aliphatic heterocycles. The van der Waals surface area contributed by atoms with Gasteiger partial charge in [-0.15, -0.1) is 0 Å². The molecule has 2 aromatic carbocycles. The van der Waals surface area contributed by atoms with Crippen LogP contribution in [0.15, 0.2) is 53.3 Å². The van der Waals surface area contributed by atoms with Crippen molar-refractivity contribution >= 4 is 10.9 Å². The van der Waals surface area contributed by atoms with Crippen LogP contribution in [0.25, 0.3) is 10.9 Å². The fourth-order valence-corrected chi connectivity index (χ4v) is 3.84. The van der Waals surface area contributed by atoms with Gasteiger partial charge in [0.15, 0.2) is 0 Å². The van der Waals surface area contributed by atoms with Gasteiger partial charge in [0.1, 0.15) is 5.82 Å². The van der Waals surface area contributed by atoms with E-state index in [-0.39, 0.29) is 11.6 Å². The zero-order chi connectivity index (χ0) is 21.3. The summed E-state index contributed by atoms with van der Waals surface area (Å²) in [6.07, 6.45) is -4.31. The highest BCUT2D eigenvalue weighted by atomic mass is 19.4. The minimum absolute atomic E-state index is 0.0319. The molecule has 4 rings (SSSR count). The summed E-state index contributed by atoms with van der Waals surface area (Å²) in [5, 5.41) is 0.579. The summed E-state index contributed by atoms with van der Waals surface area (Å²) < 4.78 is 38.1. The molecule has 5 nitrogen and oxygen atoms in total. The molecule has 0 saturated carbocycles. The number of hydrogen-bond donors (Lipinski definition) is 1. The van der Waals surface area contributed by atoms with Crippen molar-refractivity contribution in [2.24, 2.45) is 0 Å². The number of aromatic nitrogens is 2. The van der Waals surface area contributed by atoms with Crippen LogP contribution >= 0.6 is 0 Å². The van der Waals surface area contributed by atoms with Crippen LogP contribution in [0.2, 0.25) is 0 Å². The maximum absolute atomic E-state index is 12.7. The molecule has 1 aromatic heterocycles. The second-order valence-corrected chi connectivity index (χ2v) is 7.65. The first-order valence-corrected chi connectivity index (χ1v) is 9.93. The molecule has 0 bridgehead atoms. The number of para-hydroxylation sites is 1. The van der Waals surface area contributed by atoms with Crippen LogP contribution in [0.5, 0.6) is 0 Å². The number of nitrogens with zero attached hydrogens (tertiary/aromatic N) is 3. The second kappa shape index (κ2) is 8.20. The zero-order valence-electron chi connectivity index (χ0n) is 16.6. The minimum Gasteiger partial charge on any atom is -0.309 e. The Bertz CT molecular complexity index is 1070. The van der Waals surface area contributed by atoms with Gasteiger partial charge < -0.3 is 4.98 Å². The first-order valence-electron chi connectivity index (χ1n) is 9.93. The van der Waals surface area contributed by atoms with Gasteiger partial charge in [0.25, 0.3) is 5.56 Å². The number of hydrogen-bond acceptors (Lipinski definition) is 4. The average Bonchev–Trinajstić information content (AvgIpc) is 2.73. The Kier molecular flexibility index (Phi) is 5.62. The standard InChI is InChI=1S/C22H23F3N4O/c1-15(20-26-19-5-3-2-4-18(19)21(30)27-20)29-12-10-28(11-13-29)14-16-6-8-17(9-7-16)22(23,24)25/h2-9,15H,10-14H2,1H3,(H,26,27,30). The van der Waals surface area contributed by atoms with Crippen molar-refractivity contribution in [2.75, 3.05) is 26.2 Å². The molecule has 8 heteroatoms. The third kappa shape index (κ3) is 4.39. The fourth-order valence-electron chi connectivity index (χ4n) is 3.84. The molecule has 1 fully saturated rings. The molecule has 1 N–H and O–H groups in total. The first kappa shape index (κ1) is 20.6. The van der Waals surface area contributed by atoms with Gasteiger partial charge in [-0.3, -0.25) is 14.6 Å². The van der Waals surface area contributed by atoms with Crippen LogP contribution in [0.1, 0.15) is 29.9 Å². The van der Waals surface area contributed by atoms with Crippen LogP contribution in [-0.2, 0) is 12.7 Å². The van der Waals surface area contributed by atoms with Crippen molar-refractivity contribution in [3.05, 3.63) is 75.8 Å². The van der Waals surface area contributed by atoms with Gasteiger partial charge in [-0.2, -0.15) is 13.2 Å². The van der Waals surface area contributed by atoms with Crippen molar-refractivity contribution in [3.8, 4) is 0 Å². The number of H-pyrrole nitrogens is 1. The van der Waals surface area contributed by atoms with E-state index >= 15 is 0 Å². The van der Waals surface area contributed by atoms with Gasteiger partial charge in [0.05, 0.1) is 22.5 Å². The molecular weight excluding hydrogens is 393 g/mol. The molecule has 0 spiro atoms. The SMILES string of the molecule is CC(c1nc2ccccc2c(=O)[nH]1)N1CCN(Cc2ccc(C(F)(F)F)cc2)CC1. The minimum atomic E-state index is -4.31. The predicted molar refractivity (Wildman–Crippen MR) is 109 cm³/mol. The molecule has 158 valence electrons. The van der Waals surface area contributed by atoms with Gasteiger partial charge >= 0.3 is 6.18 Å². The summed E-state index contributed by atoms with van der Waals surface area (Å²) >= 11 is 0. The van der Waals surface area contributed by atoms with E-state index in [4.69, 9.17) is 0 Å². The Morgan fingerprint density at radius 2 is 1.70 bits per heavy atom. The Hall–Kier alpha value is -2.71. The van der Waals surface area contributed by atoms with Crippen molar-refractivity contribution < 1.29 is 13.2 Å². The van der Waals surface area contributed by atoms with Crippen LogP contribution in [0.3, 0.4) is 0 Å². The highest BCUT2D eigenvalue weighted by Crippen LogP contribution is 2.29. The first-order chi connectivity index (χ1) is 14.3. The number of alkyl halides is 3. The molecule has 1 saturated heterocycles. The number of fused-ring (bicyclic) bond motifs is 1. The van der Waals surface area contributed by atoms with Crippen molar-refractivity contribution in [3.63, 3.8) is 0 Å². The molecule has 1 atom stereocenters.